The zero-order valence-electron chi connectivity index (χ0n) is 11.8. The Hall–Kier alpha value is -0.950. The second kappa shape index (κ2) is 7.73. The summed E-state index contributed by atoms with van der Waals surface area (Å²) < 4.78 is 0. The third-order valence-corrected chi connectivity index (χ3v) is 5.05. The van der Waals surface area contributed by atoms with Crippen molar-refractivity contribution in [2.75, 3.05) is 29.6 Å². The van der Waals surface area contributed by atoms with Crippen molar-refractivity contribution in [3.63, 3.8) is 0 Å². The van der Waals surface area contributed by atoms with E-state index in [0.717, 1.165) is 23.7 Å². The van der Waals surface area contributed by atoms with Crippen LogP contribution in [0.4, 0.5) is 10.9 Å². The molecule has 0 bridgehead atoms. The number of thioether (sulfide) groups is 1. The minimum absolute atomic E-state index is 0.106. The monoisotopic (exact) mass is 314 g/mol. The molecule has 1 fully saturated rings. The van der Waals surface area contributed by atoms with Gasteiger partial charge in [0.2, 0.25) is 0 Å². The van der Waals surface area contributed by atoms with E-state index < -0.39 is 0 Å². The van der Waals surface area contributed by atoms with Crippen LogP contribution in [0.2, 0.25) is 0 Å². The number of hydrogen-bond acceptors (Lipinski definition) is 6. The second-order valence-corrected chi connectivity index (χ2v) is 6.95. The zero-order valence-corrected chi connectivity index (χ0v) is 13.4. The number of amides is 1. The average Bonchev–Trinajstić information content (AvgIpc) is 2.75. The molecule has 1 aromatic rings. The van der Waals surface area contributed by atoms with E-state index in [2.05, 4.69) is 21.9 Å². The number of nitrogens with zero attached hydrogens (tertiary/aromatic N) is 1. The van der Waals surface area contributed by atoms with Gasteiger partial charge in [0.25, 0.3) is 5.91 Å². The van der Waals surface area contributed by atoms with Crippen molar-refractivity contribution in [3.05, 3.63) is 4.88 Å². The highest BCUT2D eigenvalue weighted by molar-refractivity contribution is 7.98. The van der Waals surface area contributed by atoms with Gasteiger partial charge in [-0.2, -0.15) is 11.8 Å². The van der Waals surface area contributed by atoms with Gasteiger partial charge in [-0.25, -0.2) is 4.98 Å². The molecule has 0 spiro atoms. The predicted octanol–water partition coefficient (Wildman–Crippen LogP) is 2.56. The summed E-state index contributed by atoms with van der Waals surface area (Å²) in [7, 11) is 0. The molecule has 1 heterocycles. The van der Waals surface area contributed by atoms with Crippen LogP contribution in [0.15, 0.2) is 0 Å². The molecule has 7 heteroatoms. The number of thiazole rings is 1. The van der Waals surface area contributed by atoms with Gasteiger partial charge >= 0.3 is 0 Å². The lowest BCUT2D eigenvalue weighted by molar-refractivity contribution is 0.0958. The van der Waals surface area contributed by atoms with E-state index in [0.29, 0.717) is 23.3 Å². The number of aromatic nitrogens is 1. The summed E-state index contributed by atoms with van der Waals surface area (Å²) >= 11 is 3.18. The van der Waals surface area contributed by atoms with Crippen LogP contribution in [-0.2, 0) is 0 Å². The van der Waals surface area contributed by atoms with Crippen molar-refractivity contribution in [3.8, 4) is 0 Å². The number of rotatable bonds is 8. The van der Waals surface area contributed by atoms with Crippen LogP contribution in [0.5, 0.6) is 0 Å². The Bertz CT molecular complexity index is 446. The molecule has 20 heavy (non-hydrogen) atoms. The van der Waals surface area contributed by atoms with Gasteiger partial charge in [0.15, 0.2) is 5.13 Å². The molecule has 5 nitrogen and oxygen atoms in total. The summed E-state index contributed by atoms with van der Waals surface area (Å²) in [5.41, 5.74) is 5.82. The molecule has 0 aliphatic heterocycles. The Labute approximate surface area is 128 Å². The third kappa shape index (κ3) is 4.28. The smallest absolute Gasteiger partial charge is 0.265 e. The summed E-state index contributed by atoms with van der Waals surface area (Å²) in [5.74, 6) is 1.36. The van der Waals surface area contributed by atoms with E-state index in [-0.39, 0.29) is 5.91 Å². The summed E-state index contributed by atoms with van der Waals surface area (Å²) in [6.45, 7) is 0.697. The molecule has 1 amide bonds. The van der Waals surface area contributed by atoms with Crippen LogP contribution in [0.3, 0.4) is 0 Å². The first-order valence-corrected chi connectivity index (χ1v) is 9.21. The van der Waals surface area contributed by atoms with Crippen LogP contribution >= 0.6 is 23.1 Å². The maximum Gasteiger partial charge on any atom is 0.265 e. The molecule has 0 radical (unpaired) electrons. The number of nitrogen functional groups attached to an aromatic ring is 1. The summed E-state index contributed by atoms with van der Waals surface area (Å²) in [4.78, 5) is 16.8. The van der Waals surface area contributed by atoms with Crippen LogP contribution < -0.4 is 16.4 Å². The van der Waals surface area contributed by atoms with Gasteiger partial charge in [-0.15, -0.1) is 0 Å². The molecular weight excluding hydrogens is 292 g/mol. The van der Waals surface area contributed by atoms with Gasteiger partial charge in [0, 0.05) is 12.6 Å². The molecular formula is C13H22N4OS2. The fraction of sp³-hybridized carbons (Fsp3) is 0.692. The first-order valence-electron chi connectivity index (χ1n) is 7.00. The van der Waals surface area contributed by atoms with Crippen molar-refractivity contribution in [1.82, 2.24) is 10.3 Å². The number of nitrogens with one attached hydrogen (secondary N) is 2. The van der Waals surface area contributed by atoms with Gasteiger partial charge in [0.05, 0.1) is 0 Å². The number of carbonyl (C=O) groups excluding carboxylic acids is 1. The van der Waals surface area contributed by atoms with Crippen LogP contribution in [0, 0.1) is 0 Å². The van der Waals surface area contributed by atoms with Gasteiger partial charge in [0.1, 0.15) is 10.7 Å². The van der Waals surface area contributed by atoms with E-state index in [1.54, 1.807) is 0 Å². The van der Waals surface area contributed by atoms with Crippen molar-refractivity contribution in [2.24, 2.45) is 0 Å². The van der Waals surface area contributed by atoms with E-state index in [9.17, 15) is 4.79 Å². The summed E-state index contributed by atoms with van der Waals surface area (Å²) in [6, 6.07) is 0.503. The molecule has 1 saturated carbocycles. The first kappa shape index (κ1) is 15.4. The zero-order chi connectivity index (χ0) is 14.4. The average molecular weight is 314 g/mol. The molecule has 1 aromatic heterocycles. The van der Waals surface area contributed by atoms with Gasteiger partial charge in [-0.05, 0) is 44.1 Å². The van der Waals surface area contributed by atoms with E-state index in [4.69, 9.17) is 5.73 Å². The predicted molar refractivity (Wildman–Crippen MR) is 87.7 cm³/mol. The number of unbranched alkanes of at least 4 members (excludes halogenated alkanes) is 1. The number of anilines is 2. The van der Waals surface area contributed by atoms with Crippen LogP contribution in [0.1, 0.15) is 41.8 Å². The molecule has 1 aliphatic carbocycles. The molecule has 4 N–H and O–H groups in total. The Morgan fingerprint density at radius 2 is 2.30 bits per heavy atom. The van der Waals surface area contributed by atoms with Crippen molar-refractivity contribution in [2.45, 2.75) is 38.1 Å². The second-order valence-electron chi connectivity index (χ2n) is 4.96. The van der Waals surface area contributed by atoms with Crippen LogP contribution in [-0.4, -0.2) is 35.5 Å². The van der Waals surface area contributed by atoms with Gasteiger partial charge < -0.3 is 16.4 Å². The summed E-state index contributed by atoms with van der Waals surface area (Å²) in [5, 5.41) is 6.99. The van der Waals surface area contributed by atoms with Crippen LogP contribution in [0.25, 0.3) is 0 Å². The third-order valence-electron chi connectivity index (χ3n) is 3.35. The molecule has 112 valence electrons. The number of nitrogens with two attached hydrogens (primary N) is 1. The first-order chi connectivity index (χ1) is 9.70. The fourth-order valence-corrected chi connectivity index (χ4v) is 3.31. The highest BCUT2D eigenvalue weighted by Crippen LogP contribution is 2.29. The molecule has 0 atom stereocenters. The maximum absolute atomic E-state index is 12.0. The van der Waals surface area contributed by atoms with Crippen molar-refractivity contribution < 1.29 is 4.79 Å². The molecule has 1 aliphatic rings. The standard InChI is InChI=1S/C13H22N4OS2/c1-19-8-3-2-7-15-12(18)10-11(14)17-13(20-10)16-9-5-4-6-9/h9H,2-8,14H2,1H3,(H,15,18)(H,16,17). The lowest BCUT2D eigenvalue weighted by atomic mass is 9.93. The Morgan fingerprint density at radius 1 is 1.50 bits per heavy atom. The summed E-state index contributed by atoms with van der Waals surface area (Å²) in [6.07, 6.45) is 7.83. The highest BCUT2D eigenvalue weighted by atomic mass is 32.2. The molecule has 0 unspecified atom stereocenters. The van der Waals surface area contributed by atoms with E-state index in [1.807, 2.05) is 11.8 Å². The number of carbonyl (C=O) groups is 1. The van der Waals surface area contributed by atoms with Crippen molar-refractivity contribution >= 4 is 40.0 Å². The topological polar surface area (TPSA) is 80.0 Å². The molecule has 0 aromatic carbocycles. The quantitative estimate of drug-likeness (QED) is 0.643. The Morgan fingerprint density at radius 3 is 2.95 bits per heavy atom. The van der Waals surface area contributed by atoms with Gasteiger partial charge in [-0.3, -0.25) is 4.79 Å². The van der Waals surface area contributed by atoms with E-state index >= 15 is 0 Å². The fourth-order valence-electron chi connectivity index (χ4n) is 1.94. The normalized spacial score (nSPS) is 14.8. The minimum atomic E-state index is -0.106. The van der Waals surface area contributed by atoms with E-state index in [1.165, 1.54) is 30.6 Å². The Kier molecular flexibility index (Phi) is 5.97. The minimum Gasteiger partial charge on any atom is -0.382 e. The lowest BCUT2D eigenvalue weighted by Gasteiger charge is -2.25. The maximum atomic E-state index is 12.0. The number of hydrogen-bond donors (Lipinski definition) is 3. The molecule has 2 rings (SSSR count). The highest BCUT2D eigenvalue weighted by Gasteiger charge is 2.21. The Balaban J connectivity index is 1.79. The van der Waals surface area contributed by atoms with Gasteiger partial charge in [-0.1, -0.05) is 11.3 Å². The SMILES string of the molecule is CSCCCCNC(=O)c1sc(NC2CCC2)nc1N. The van der Waals surface area contributed by atoms with Crippen molar-refractivity contribution in [1.29, 1.82) is 0 Å². The molecule has 0 saturated heterocycles. The largest absolute Gasteiger partial charge is 0.382 e. The lowest BCUT2D eigenvalue weighted by Crippen LogP contribution is -2.26.